The average molecular weight is 552 g/mol. The summed E-state index contributed by atoms with van der Waals surface area (Å²) < 4.78 is 41.7. The van der Waals surface area contributed by atoms with E-state index < -0.39 is 29.0 Å². The van der Waals surface area contributed by atoms with Crippen molar-refractivity contribution in [3.8, 4) is 0 Å². The van der Waals surface area contributed by atoms with Crippen molar-refractivity contribution in [2.75, 3.05) is 50.8 Å². The van der Waals surface area contributed by atoms with Gasteiger partial charge < -0.3 is 24.0 Å². The van der Waals surface area contributed by atoms with Gasteiger partial charge in [0.15, 0.2) is 0 Å². The first-order valence-electron chi connectivity index (χ1n) is 13.2. The van der Waals surface area contributed by atoms with E-state index in [1.165, 1.54) is 24.4 Å². The Morgan fingerprint density at radius 3 is 2.55 bits per heavy atom. The molecule has 1 saturated carbocycles. The fourth-order valence-electron chi connectivity index (χ4n) is 5.34. The number of aromatic nitrogens is 1. The first-order chi connectivity index (χ1) is 19.3. The van der Waals surface area contributed by atoms with E-state index in [1.54, 1.807) is 16.7 Å². The zero-order chi connectivity index (χ0) is 28.0. The molecule has 1 N–H and O–H groups in total. The zero-order valence-electron chi connectivity index (χ0n) is 21.6. The van der Waals surface area contributed by atoms with Crippen LogP contribution < -0.4 is 10.3 Å². The molecule has 3 aliphatic rings. The fraction of sp³-hybridized carbons (Fsp3) is 0.345. The van der Waals surface area contributed by atoms with Gasteiger partial charge in [0, 0.05) is 50.3 Å². The summed E-state index contributed by atoms with van der Waals surface area (Å²) in [5.41, 5.74) is 0.535. The molecule has 1 aliphatic carbocycles. The molecule has 0 radical (unpaired) electrons. The Hall–Kier alpha value is -4.25. The lowest BCUT2D eigenvalue weighted by Gasteiger charge is -2.36. The molecule has 11 heteroatoms. The van der Waals surface area contributed by atoms with Gasteiger partial charge in [-0.2, -0.15) is 0 Å². The van der Waals surface area contributed by atoms with E-state index >= 15 is 4.39 Å². The Balaban J connectivity index is 1.12. The molecule has 0 spiro atoms. The maximum atomic E-state index is 15.2. The summed E-state index contributed by atoms with van der Waals surface area (Å²) in [5, 5.41) is 9.52. The highest BCUT2D eigenvalue weighted by atomic mass is 19.1. The van der Waals surface area contributed by atoms with Gasteiger partial charge in [-0.1, -0.05) is 12.1 Å². The first-order valence-corrected chi connectivity index (χ1v) is 13.2. The van der Waals surface area contributed by atoms with Crippen LogP contribution in [0.3, 0.4) is 0 Å². The number of carboxylic acids is 1. The Morgan fingerprint density at radius 1 is 1.07 bits per heavy atom. The Labute approximate surface area is 227 Å². The van der Waals surface area contributed by atoms with Crippen LogP contribution in [0.1, 0.15) is 34.8 Å². The second kappa shape index (κ2) is 10.4. The minimum absolute atomic E-state index is 0.000409. The molecule has 0 amide bonds. The molecule has 1 aromatic heterocycles. The van der Waals surface area contributed by atoms with Gasteiger partial charge in [-0.05, 0) is 42.7 Å². The topological polar surface area (TPSA) is 101 Å². The number of hydrogen-bond acceptors (Lipinski definition) is 7. The highest BCUT2D eigenvalue weighted by molar-refractivity contribution is 6.18. The van der Waals surface area contributed by atoms with Gasteiger partial charge in [0.25, 0.3) is 0 Å². The normalized spacial score (nSPS) is 17.9. The van der Waals surface area contributed by atoms with E-state index in [2.05, 4.69) is 4.90 Å². The molecule has 2 aliphatic heterocycles. The maximum absolute atomic E-state index is 15.2. The minimum atomic E-state index is -1.32. The number of pyridine rings is 1. The molecule has 40 heavy (non-hydrogen) atoms. The van der Waals surface area contributed by atoms with E-state index in [4.69, 9.17) is 9.47 Å². The predicted octanol–water partition coefficient (Wildman–Crippen LogP) is 3.42. The number of halogens is 2. The lowest BCUT2D eigenvalue weighted by molar-refractivity contribution is -0.134. The van der Waals surface area contributed by atoms with Gasteiger partial charge in [0.05, 0.1) is 11.2 Å². The third-order valence-electron chi connectivity index (χ3n) is 7.60. The van der Waals surface area contributed by atoms with Crippen LogP contribution in [0.15, 0.2) is 53.1 Å². The lowest BCUT2D eigenvalue weighted by Crippen LogP contribution is -2.47. The van der Waals surface area contributed by atoms with Gasteiger partial charge in [0.1, 0.15) is 41.7 Å². The predicted molar refractivity (Wildman–Crippen MR) is 142 cm³/mol. The molecule has 6 rings (SSSR count). The molecule has 2 fully saturated rings. The fourth-order valence-corrected chi connectivity index (χ4v) is 5.34. The first kappa shape index (κ1) is 26.0. The van der Waals surface area contributed by atoms with Crippen LogP contribution in [0.25, 0.3) is 16.5 Å². The van der Waals surface area contributed by atoms with E-state index in [1.807, 2.05) is 4.90 Å². The summed E-state index contributed by atoms with van der Waals surface area (Å²) >= 11 is 0. The number of carbonyl (C=O) groups is 2. The number of carbonyl (C=O) groups excluding carboxylic acids is 1. The summed E-state index contributed by atoms with van der Waals surface area (Å²) in [7, 11) is 0. The Kier molecular flexibility index (Phi) is 6.75. The number of hydrogen-bond donors (Lipinski definition) is 1. The van der Waals surface area contributed by atoms with Crippen LogP contribution in [0.2, 0.25) is 0 Å². The summed E-state index contributed by atoms with van der Waals surface area (Å²) in [6.45, 7) is 3.23. The van der Waals surface area contributed by atoms with Gasteiger partial charge >= 0.3 is 11.9 Å². The monoisotopic (exact) mass is 551 g/mol. The van der Waals surface area contributed by atoms with E-state index in [9.17, 15) is 23.9 Å². The number of nitrogens with zero attached hydrogens (tertiary/aromatic N) is 3. The SMILES string of the molecule is O=C1OCC(OCCN2CCN(c3cc4c(cc3F)c(=O)c(C(=O)O)cn4C3CC3)CC2)=C1c1cccc(F)c1. The molecular weight excluding hydrogens is 524 g/mol. The standard InChI is InChI=1S/C29H27F2N3O6/c30-18-3-1-2-17(12-18)26-25(16-40-29(26)38)39-11-10-32-6-8-33(9-7-32)24-14-23-20(13-22(24)31)27(35)21(28(36)37)15-34(23)19-4-5-19/h1-3,12-15,19H,4-11,16H2,(H,36,37). The molecular formula is C29H27F2N3O6. The molecule has 3 heterocycles. The number of rotatable bonds is 8. The molecule has 0 bridgehead atoms. The Bertz CT molecular complexity index is 1610. The summed E-state index contributed by atoms with van der Waals surface area (Å²) in [5.74, 6) is -2.50. The minimum Gasteiger partial charge on any atom is -0.492 e. The molecule has 0 unspecified atom stereocenters. The number of cyclic esters (lactones) is 1. The summed E-state index contributed by atoms with van der Waals surface area (Å²) in [6, 6.07) is 8.65. The van der Waals surface area contributed by atoms with Gasteiger partial charge in [-0.3, -0.25) is 9.69 Å². The van der Waals surface area contributed by atoms with Crippen molar-refractivity contribution in [3.05, 3.63) is 81.3 Å². The number of fused-ring (bicyclic) bond motifs is 1. The van der Waals surface area contributed by atoms with Gasteiger partial charge in [0.2, 0.25) is 5.43 Å². The van der Waals surface area contributed by atoms with Crippen molar-refractivity contribution in [1.82, 2.24) is 9.47 Å². The highest BCUT2D eigenvalue weighted by Gasteiger charge is 2.30. The highest BCUT2D eigenvalue weighted by Crippen LogP contribution is 2.38. The molecule has 0 atom stereocenters. The van der Waals surface area contributed by atoms with Crippen LogP contribution in [0.4, 0.5) is 14.5 Å². The Morgan fingerprint density at radius 2 is 1.85 bits per heavy atom. The van der Waals surface area contributed by atoms with Crippen molar-refractivity contribution in [1.29, 1.82) is 0 Å². The number of ether oxygens (including phenoxy) is 2. The van der Waals surface area contributed by atoms with Crippen molar-refractivity contribution in [2.45, 2.75) is 18.9 Å². The molecule has 1 saturated heterocycles. The van der Waals surface area contributed by atoms with Crippen molar-refractivity contribution < 1.29 is 33.0 Å². The van der Waals surface area contributed by atoms with Crippen LogP contribution in [-0.2, 0) is 14.3 Å². The molecule has 208 valence electrons. The van der Waals surface area contributed by atoms with E-state index in [0.717, 1.165) is 18.9 Å². The smallest absolute Gasteiger partial charge is 0.342 e. The van der Waals surface area contributed by atoms with Gasteiger partial charge in [-0.15, -0.1) is 0 Å². The molecule has 9 nitrogen and oxygen atoms in total. The van der Waals surface area contributed by atoms with Gasteiger partial charge in [-0.25, -0.2) is 18.4 Å². The van der Waals surface area contributed by atoms with Crippen LogP contribution in [-0.4, -0.2) is 72.4 Å². The maximum Gasteiger partial charge on any atom is 0.342 e. The van der Waals surface area contributed by atoms with E-state index in [0.29, 0.717) is 61.9 Å². The number of esters is 1. The molecule has 2 aromatic carbocycles. The quantitative estimate of drug-likeness (QED) is 0.425. The number of piperazine rings is 1. The van der Waals surface area contributed by atoms with Crippen LogP contribution in [0, 0.1) is 11.6 Å². The second-order valence-corrected chi connectivity index (χ2v) is 10.2. The summed E-state index contributed by atoms with van der Waals surface area (Å²) in [6.07, 6.45) is 3.14. The number of aromatic carboxylic acids is 1. The lowest BCUT2D eigenvalue weighted by atomic mass is 10.1. The number of anilines is 1. The van der Waals surface area contributed by atoms with Crippen molar-refractivity contribution in [2.24, 2.45) is 0 Å². The third kappa shape index (κ3) is 4.92. The zero-order valence-corrected chi connectivity index (χ0v) is 21.6. The third-order valence-corrected chi connectivity index (χ3v) is 7.60. The average Bonchev–Trinajstić information content (AvgIpc) is 3.71. The largest absolute Gasteiger partial charge is 0.492 e. The number of benzene rings is 2. The van der Waals surface area contributed by atoms with Crippen molar-refractivity contribution in [3.63, 3.8) is 0 Å². The summed E-state index contributed by atoms with van der Waals surface area (Å²) in [4.78, 5) is 40.6. The van der Waals surface area contributed by atoms with E-state index in [-0.39, 0.29) is 29.2 Å². The second-order valence-electron chi connectivity index (χ2n) is 10.2. The van der Waals surface area contributed by atoms with Crippen LogP contribution >= 0.6 is 0 Å². The number of carboxylic acid groups (broad SMARTS) is 1. The van der Waals surface area contributed by atoms with Crippen molar-refractivity contribution >= 4 is 34.1 Å². The van der Waals surface area contributed by atoms with Crippen LogP contribution in [0.5, 0.6) is 0 Å². The molecule has 3 aromatic rings.